The normalized spacial score (nSPS) is 18.7. The smallest absolute Gasteiger partial charge is 0.0606 e. The van der Waals surface area contributed by atoms with Crippen molar-refractivity contribution in [2.24, 2.45) is 5.92 Å². The van der Waals surface area contributed by atoms with Crippen molar-refractivity contribution in [1.82, 2.24) is 18.3 Å². The molecular weight excluding hydrogens is 813 g/mol. The van der Waals surface area contributed by atoms with Crippen molar-refractivity contribution in [2.45, 2.75) is 51.5 Å². The van der Waals surface area contributed by atoms with Gasteiger partial charge < -0.3 is 18.3 Å². The summed E-state index contributed by atoms with van der Waals surface area (Å²) in [7, 11) is 0. The van der Waals surface area contributed by atoms with Crippen LogP contribution >= 0.6 is 0 Å². The van der Waals surface area contributed by atoms with E-state index in [9.17, 15) is 0 Å². The van der Waals surface area contributed by atoms with Crippen LogP contribution in [0.15, 0.2) is 182 Å². The van der Waals surface area contributed by atoms with E-state index in [1.165, 1.54) is 111 Å². The molecule has 3 aliphatic rings. The first-order valence-electron chi connectivity index (χ1n) is 24.2. The molecule has 0 spiro atoms. The molecular formula is C63H50N4. The van der Waals surface area contributed by atoms with E-state index in [4.69, 9.17) is 0 Å². The van der Waals surface area contributed by atoms with Crippen molar-refractivity contribution < 1.29 is 0 Å². The molecule has 0 saturated heterocycles. The molecule has 0 fully saturated rings. The van der Waals surface area contributed by atoms with Crippen molar-refractivity contribution in [3.8, 4) is 28.2 Å². The predicted octanol–water partition coefficient (Wildman–Crippen LogP) is 16.4. The molecule has 67 heavy (non-hydrogen) atoms. The predicted molar refractivity (Wildman–Crippen MR) is 282 cm³/mol. The van der Waals surface area contributed by atoms with Gasteiger partial charge in [0, 0.05) is 101 Å². The van der Waals surface area contributed by atoms with Crippen LogP contribution in [0.4, 0.5) is 0 Å². The van der Waals surface area contributed by atoms with Crippen molar-refractivity contribution in [3.63, 3.8) is 0 Å². The number of allylic oxidation sites excluding steroid dienone is 3. The topological polar surface area (TPSA) is 19.7 Å². The van der Waals surface area contributed by atoms with Crippen LogP contribution in [0.1, 0.15) is 78.8 Å². The number of rotatable bonds is 5. The Morgan fingerprint density at radius 1 is 0.418 bits per heavy atom. The SMILES string of the molecule is CC1C=Cc2c(n(-c3ccc4c5ccccc5n(-c5ccc(-c6ccc(-n7c8c(c9c7C(C)C(n7c%10ccccc%10c%10ccccc%107)C=C9)C=CCC8C)cc6)cc5)c4c3)c3ccccc23)C1. The zero-order valence-corrected chi connectivity index (χ0v) is 38.1. The van der Waals surface area contributed by atoms with Gasteiger partial charge in [-0.25, -0.2) is 0 Å². The first kappa shape index (κ1) is 38.4. The molecule has 0 amide bonds. The first-order chi connectivity index (χ1) is 33.0. The van der Waals surface area contributed by atoms with Crippen LogP contribution in [0.25, 0.3) is 101 Å². The molecule has 4 atom stereocenters. The van der Waals surface area contributed by atoms with Crippen molar-refractivity contribution in [2.75, 3.05) is 0 Å². The lowest BCUT2D eigenvalue weighted by Gasteiger charge is -2.30. The summed E-state index contributed by atoms with van der Waals surface area (Å²) >= 11 is 0. The second kappa shape index (κ2) is 14.6. The zero-order valence-electron chi connectivity index (χ0n) is 38.1. The third-order valence-electron chi connectivity index (χ3n) is 15.5. The molecule has 4 unspecified atom stereocenters. The van der Waals surface area contributed by atoms with E-state index < -0.39 is 0 Å². The molecule has 0 N–H and O–H groups in total. The standard InChI is InChI=1S/C63H50N4/c1-39-23-33-51-49-16-5-9-20-57(49)65(60(51)37-39)46-32-34-52-50-17-4-8-19-56(50)64(61(52)38-46)44-28-24-42(25-29-44)43-26-30-45(31-27-43)66-62-40(2)13-12-18-53(62)54-35-36-55(41(3)63(54)66)67-58-21-10-6-14-47(58)48-15-7-11-22-59(48)67/h4-12,14-36,38-41,55H,13,37H2,1-3H3. The van der Waals surface area contributed by atoms with Crippen molar-refractivity contribution >= 4 is 72.7 Å². The molecule has 0 aliphatic heterocycles. The van der Waals surface area contributed by atoms with E-state index in [1.54, 1.807) is 0 Å². The fraction of sp³-hybridized carbons (Fsp3) is 0.143. The number of benzene rings is 7. The minimum absolute atomic E-state index is 0.172. The minimum atomic E-state index is 0.172. The average Bonchev–Trinajstić information content (AvgIpc) is 4.10. The van der Waals surface area contributed by atoms with Crippen LogP contribution in [-0.4, -0.2) is 18.3 Å². The van der Waals surface area contributed by atoms with Crippen LogP contribution in [0.2, 0.25) is 0 Å². The maximum absolute atomic E-state index is 2.63. The fourth-order valence-electron chi connectivity index (χ4n) is 12.4. The number of fused-ring (bicyclic) bond motifs is 12. The number of hydrogen-bond donors (Lipinski definition) is 0. The maximum atomic E-state index is 2.63. The Hall–Kier alpha value is -7.82. The van der Waals surface area contributed by atoms with Crippen LogP contribution in [-0.2, 0) is 6.42 Å². The summed E-state index contributed by atoms with van der Waals surface area (Å²) in [5.74, 6) is 1.15. The van der Waals surface area contributed by atoms with Crippen molar-refractivity contribution in [3.05, 3.63) is 216 Å². The summed E-state index contributed by atoms with van der Waals surface area (Å²) in [4.78, 5) is 0. The molecule has 4 heterocycles. The largest absolute Gasteiger partial charge is 0.333 e. The van der Waals surface area contributed by atoms with E-state index in [0.717, 1.165) is 18.5 Å². The third-order valence-corrected chi connectivity index (χ3v) is 15.5. The van der Waals surface area contributed by atoms with Crippen LogP contribution in [0, 0.1) is 5.92 Å². The molecule has 0 radical (unpaired) electrons. The average molecular weight is 863 g/mol. The zero-order chi connectivity index (χ0) is 44.5. The van der Waals surface area contributed by atoms with Crippen LogP contribution in [0.5, 0.6) is 0 Å². The number of para-hydroxylation sites is 4. The van der Waals surface area contributed by atoms with Gasteiger partial charge in [-0.3, -0.25) is 0 Å². The second-order valence-electron chi connectivity index (χ2n) is 19.4. The van der Waals surface area contributed by atoms with Crippen molar-refractivity contribution in [1.29, 1.82) is 0 Å². The Labute approximate surface area is 390 Å². The highest BCUT2D eigenvalue weighted by Gasteiger charge is 2.35. The first-order valence-corrected chi connectivity index (χ1v) is 24.2. The van der Waals surface area contributed by atoms with Gasteiger partial charge in [-0.05, 0) is 90.6 Å². The monoisotopic (exact) mass is 862 g/mol. The van der Waals surface area contributed by atoms with Crippen LogP contribution < -0.4 is 0 Å². The molecule has 0 bridgehead atoms. The number of hydrogen-bond acceptors (Lipinski definition) is 0. The maximum Gasteiger partial charge on any atom is 0.0606 e. The molecule has 11 aromatic rings. The van der Waals surface area contributed by atoms with Gasteiger partial charge in [-0.1, -0.05) is 160 Å². The van der Waals surface area contributed by atoms with Gasteiger partial charge in [0.2, 0.25) is 0 Å². The molecule has 4 heteroatoms. The quantitative estimate of drug-likeness (QED) is 0.164. The molecule has 7 aromatic carbocycles. The summed E-state index contributed by atoms with van der Waals surface area (Å²) < 4.78 is 10.2. The highest BCUT2D eigenvalue weighted by Crippen LogP contribution is 2.49. The lowest BCUT2D eigenvalue weighted by Crippen LogP contribution is -2.20. The minimum Gasteiger partial charge on any atom is -0.333 e. The molecule has 322 valence electrons. The summed E-state index contributed by atoms with van der Waals surface area (Å²) in [6.45, 7) is 7.15. The van der Waals surface area contributed by atoms with Crippen LogP contribution in [0.3, 0.4) is 0 Å². The van der Waals surface area contributed by atoms with Gasteiger partial charge in [0.1, 0.15) is 0 Å². The summed E-state index contributed by atoms with van der Waals surface area (Å²) in [6, 6.07) is 61.3. The molecule has 3 aliphatic carbocycles. The van der Waals surface area contributed by atoms with E-state index in [-0.39, 0.29) is 12.0 Å². The van der Waals surface area contributed by atoms with E-state index in [1.807, 2.05) is 0 Å². The van der Waals surface area contributed by atoms with Gasteiger partial charge in [0.25, 0.3) is 0 Å². The number of aromatic nitrogens is 4. The highest BCUT2D eigenvalue weighted by atomic mass is 15.1. The summed E-state index contributed by atoms with van der Waals surface area (Å²) in [5, 5.41) is 6.49. The molecule has 4 aromatic heterocycles. The van der Waals surface area contributed by atoms with Gasteiger partial charge in [-0.2, -0.15) is 0 Å². The lowest BCUT2D eigenvalue weighted by atomic mass is 9.86. The van der Waals surface area contributed by atoms with E-state index in [2.05, 4.69) is 239 Å². The molecule has 14 rings (SSSR count). The summed E-state index contributed by atoms with van der Waals surface area (Å²) in [6.07, 6.45) is 16.4. The molecule has 4 nitrogen and oxygen atoms in total. The second-order valence-corrected chi connectivity index (χ2v) is 19.4. The Morgan fingerprint density at radius 3 is 1.61 bits per heavy atom. The summed E-state index contributed by atoms with van der Waals surface area (Å²) in [5.41, 5.74) is 20.6. The fourth-order valence-corrected chi connectivity index (χ4v) is 12.4. The van der Waals surface area contributed by atoms with E-state index >= 15 is 0 Å². The van der Waals surface area contributed by atoms with Gasteiger partial charge >= 0.3 is 0 Å². The Kier molecular flexibility index (Phi) is 8.37. The number of nitrogens with zero attached hydrogens (tertiary/aromatic N) is 4. The lowest BCUT2D eigenvalue weighted by molar-refractivity contribution is 0.518. The van der Waals surface area contributed by atoms with Gasteiger partial charge in [-0.15, -0.1) is 0 Å². The van der Waals surface area contributed by atoms with E-state index in [0.29, 0.717) is 11.8 Å². The Bertz CT molecular complexity index is 3860. The third kappa shape index (κ3) is 5.59. The molecule has 0 saturated carbocycles. The highest BCUT2D eigenvalue weighted by molar-refractivity contribution is 6.10. The van der Waals surface area contributed by atoms with Gasteiger partial charge in [0.05, 0.1) is 22.6 Å². The Balaban J connectivity index is 0.844. The Morgan fingerprint density at radius 2 is 0.940 bits per heavy atom. The van der Waals surface area contributed by atoms with Gasteiger partial charge in [0.15, 0.2) is 0 Å².